The fraction of sp³-hybridized carbons (Fsp3) is 0.105. The third-order valence-electron chi connectivity index (χ3n) is 3.49. The van der Waals surface area contributed by atoms with Gasteiger partial charge >= 0.3 is 0 Å². The monoisotopic (exact) mass is 368 g/mol. The highest BCUT2D eigenvalue weighted by Crippen LogP contribution is 2.33. The molecule has 0 radical (unpaired) electrons. The van der Waals surface area contributed by atoms with Crippen LogP contribution < -0.4 is 0 Å². The third-order valence-corrected chi connectivity index (χ3v) is 5.50. The van der Waals surface area contributed by atoms with Gasteiger partial charge in [0.05, 0.1) is 10.6 Å². The largest absolute Gasteiger partial charge is 0.507 e. The molecule has 0 saturated carbocycles. The molecule has 4 nitrogen and oxygen atoms in total. The molecule has 1 heterocycles. The Balaban J connectivity index is 1.72. The summed E-state index contributed by atoms with van der Waals surface area (Å²) in [6.07, 6.45) is 0. The molecule has 0 bridgehead atoms. The number of nitrogens with zero attached hydrogens (tertiary/aromatic N) is 2. The minimum atomic E-state index is -0.00558. The Morgan fingerprint density at radius 1 is 1.00 bits per heavy atom. The molecule has 0 aliphatic heterocycles. The summed E-state index contributed by atoms with van der Waals surface area (Å²) in [4.78, 5) is 13.9. The van der Waals surface area contributed by atoms with E-state index in [2.05, 4.69) is 10.2 Å². The molecule has 3 aromatic rings. The molecule has 3 rings (SSSR count). The lowest BCUT2D eigenvalue weighted by Crippen LogP contribution is -1.87. The van der Waals surface area contributed by atoms with E-state index >= 15 is 0 Å². The number of aromatic hydroxyl groups is 1. The highest BCUT2D eigenvalue weighted by atomic mass is 32.2. The van der Waals surface area contributed by atoms with Crippen LogP contribution in [0.1, 0.15) is 20.8 Å². The van der Waals surface area contributed by atoms with Crippen molar-refractivity contribution in [3.05, 3.63) is 70.6 Å². The van der Waals surface area contributed by atoms with E-state index in [9.17, 15) is 9.90 Å². The van der Waals surface area contributed by atoms with Crippen LogP contribution in [-0.2, 0) is 0 Å². The van der Waals surface area contributed by atoms with Crippen LogP contribution in [0.5, 0.6) is 5.75 Å². The van der Waals surface area contributed by atoms with Gasteiger partial charge in [-0.15, -0.1) is 21.6 Å². The number of phenolic OH excluding ortho intramolecular Hbond substituents is 1. The van der Waals surface area contributed by atoms with E-state index in [0.717, 1.165) is 16.0 Å². The van der Waals surface area contributed by atoms with E-state index in [1.807, 2.05) is 44.2 Å². The minimum Gasteiger partial charge on any atom is -0.507 e. The van der Waals surface area contributed by atoms with E-state index in [-0.39, 0.29) is 10.9 Å². The van der Waals surface area contributed by atoms with E-state index < -0.39 is 0 Å². The summed E-state index contributed by atoms with van der Waals surface area (Å²) in [5.74, 6) is 0.279. The smallest absolute Gasteiger partial charge is 0.234 e. The van der Waals surface area contributed by atoms with Gasteiger partial charge in [0.25, 0.3) is 0 Å². The Labute approximate surface area is 154 Å². The molecule has 0 aliphatic carbocycles. The first kappa shape index (κ1) is 17.4. The van der Waals surface area contributed by atoms with Crippen molar-refractivity contribution in [2.24, 2.45) is 10.2 Å². The molecule has 1 aromatic heterocycles. The second-order valence-electron chi connectivity index (χ2n) is 5.47. The van der Waals surface area contributed by atoms with Crippen LogP contribution >= 0.6 is 23.1 Å². The number of benzene rings is 2. The Bertz CT molecular complexity index is 911. The Morgan fingerprint density at radius 2 is 1.68 bits per heavy atom. The van der Waals surface area contributed by atoms with Gasteiger partial charge in [-0.2, -0.15) is 0 Å². The maximum Gasteiger partial charge on any atom is 0.234 e. The molecule has 0 fully saturated rings. The van der Waals surface area contributed by atoms with Gasteiger partial charge in [0, 0.05) is 4.90 Å². The summed E-state index contributed by atoms with van der Waals surface area (Å²) in [5.41, 5.74) is 2.19. The molecule has 0 unspecified atom stereocenters. The van der Waals surface area contributed by atoms with Crippen molar-refractivity contribution >= 4 is 38.9 Å². The van der Waals surface area contributed by atoms with Gasteiger partial charge in [-0.05, 0) is 73.1 Å². The number of thiophene rings is 1. The number of rotatable bonds is 4. The van der Waals surface area contributed by atoms with Gasteiger partial charge < -0.3 is 5.11 Å². The van der Waals surface area contributed by atoms with Crippen LogP contribution in [0.3, 0.4) is 0 Å². The zero-order chi connectivity index (χ0) is 17.8. The number of hydrogen-bond acceptors (Lipinski definition) is 6. The molecular formula is C19H16N2O2S2. The summed E-state index contributed by atoms with van der Waals surface area (Å²) in [7, 11) is 0. The van der Waals surface area contributed by atoms with Crippen molar-refractivity contribution in [3.8, 4) is 5.75 Å². The normalized spacial score (nSPS) is 11.1. The second-order valence-corrected chi connectivity index (χ2v) is 7.58. The highest BCUT2D eigenvalue weighted by Gasteiger charge is 2.11. The van der Waals surface area contributed by atoms with Crippen molar-refractivity contribution in [1.82, 2.24) is 0 Å². The van der Waals surface area contributed by atoms with E-state index in [4.69, 9.17) is 0 Å². The van der Waals surface area contributed by atoms with Crippen molar-refractivity contribution < 1.29 is 9.90 Å². The molecule has 6 heteroatoms. The lowest BCUT2D eigenvalue weighted by Gasteiger charge is -2.03. The zero-order valence-corrected chi connectivity index (χ0v) is 15.4. The van der Waals surface area contributed by atoms with Crippen LogP contribution in [0.2, 0.25) is 0 Å². The maximum absolute atomic E-state index is 12.3. The SMILES string of the molecule is Cc1cc(/N=N/c2ccc(C(=O)Sc3ccccc3)s2)cc(C)c1O. The third kappa shape index (κ3) is 4.35. The number of carbonyl (C=O) groups excluding carboxylic acids is 1. The quantitative estimate of drug-likeness (QED) is 0.427. The Hall–Kier alpha value is -2.44. The van der Waals surface area contributed by atoms with Crippen molar-refractivity contribution in [2.75, 3.05) is 0 Å². The van der Waals surface area contributed by atoms with Gasteiger partial charge in [0.2, 0.25) is 5.12 Å². The highest BCUT2D eigenvalue weighted by molar-refractivity contribution is 8.14. The molecule has 25 heavy (non-hydrogen) atoms. The molecule has 0 atom stereocenters. The standard InChI is InChI=1S/C19H16N2O2S2/c1-12-10-14(11-13(2)18(12)22)20-21-17-9-8-16(25-17)19(23)24-15-6-4-3-5-7-15/h3-11,22H,1-2H3/b21-20+. The molecule has 0 spiro atoms. The molecule has 126 valence electrons. The number of thioether (sulfide) groups is 1. The van der Waals surface area contributed by atoms with Crippen molar-refractivity contribution in [3.63, 3.8) is 0 Å². The average molecular weight is 368 g/mol. The summed E-state index contributed by atoms with van der Waals surface area (Å²) < 4.78 is 0. The molecule has 0 saturated heterocycles. The lowest BCUT2D eigenvalue weighted by atomic mass is 10.1. The van der Waals surface area contributed by atoms with Crippen LogP contribution in [-0.4, -0.2) is 10.2 Å². The molecule has 0 amide bonds. The van der Waals surface area contributed by atoms with Crippen molar-refractivity contribution in [1.29, 1.82) is 0 Å². The average Bonchev–Trinajstić information content (AvgIpc) is 3.08. The van der Waals surface area contributed by atoms with Gasteiger partial charge in [0.15, 0.2) is 0 Å². The maximum atomic E-state index is 12.3. The fourth-order valence-corrected chi connectivity index (χ4v) is 3.82. The predicted molar refractivity (Wildman–Crippen MR) is 103 cm³/mol. The van der Waals surface area contributed by atoms with E-state index in [1.54, 1.807) is 24.3 Å². The van der Waals surface area contributed by atoms with Gasteiger partial charge in [-0.1, -0.05) is 18.2 Å². The first-order valence-corrected chi connectivity index (χ1v) is 9.25. The fourth-order valence-electron chi connectivity index (χ4n) is 2.23. The van der Waals surface area contributed by atoms with Crippen LogP contribution in [0.15, 0.2) is 69.7 Å². The number of carbonyl (C=O) groups is 1. The zero-order valence-electron chi connectivity index (χ0n) is 13.8. The Morgan fingerprint density at radius 3 is 2.36 bits per heavy atom. The van der Waals surface area contributed by atoms with Gasteiger partial charge in [-0.3, -0.25) is 4.79 Å². The lowest BCUT2D eigenvalue weighted by molar-refractivity contribution is 0.109. The predicted octanol–water partition coefficient (Wildman–Crippen LogP) is 6.42. The summed E-state index contributed by atoms with van der Waals surface area (Å²) in [6, 6.07) is 16.7. The van der Waals surface area contributed by atoms with Crippen LogP contribution in [0.25, 0.3) is 0 Å². The number of azo groups is 1. The summed E-state index contributed by atoms with van der Waals surface area (Å²) in [5, 5.41) is 18.9. The number of hydrogen-bond donors (Lipinski definition) is 1. The Kier molecular flexibility index (Phi) is 5.31. The number of phenols is 1. The number of aryl methyl sites for hydroxylation is 2. The molecule has 0 aliphatic rings. The molecular weight excluding hydrogens is 352 g/mol. The van der Waals surface area contributed by atoms with Crippen LogP contribution in [0, 0.1) is 13.8 Å². The van der Waals surface area contributed by atoms with E-state index in [0.29, 0.717) is 15.6 Å². The summed E-state index contributed by atoms with van der Waals surface area (Å²) >= 11 is 2.51. The van der Waals surface area contributed by atoms with E-state index in [1.165, 1.54) is 23.1 Å². The molecule has 2 aromatic carbocycles. The first-order valence-electron chi connectivity index (χ1n) is 7.62. The second kappa shape index (κ2) is 7.63. The molecule has 1 N–H and O–H groups in total. The summed E-state index contributed by atoms with van der Waals surface area (Å²) in [6.45, 7) is 3.65. The van der Waals surface area contributed by atoms with Crippen molar-refractivity contribution in [2.45, 2.75) is 18.7 Å². The van der Waals surface area contributed by atoms with Gasteiger partial charge in [-0.25, -0.2) is 0 Å². The minimum absolute atomic E-state index is 0.00558. The van der Waals surface area contributed by atoms with Gasteiger partial charge in [0.1, 0.15) is 10.8 Å². The topological polar surface area (TPSA) is 62.0 Å². The van der Waals surface area contributed by atoms with Crippen LogP contribution in [0.4, 0.5) is 10.7 Å². The first-order chi connectivity index (χ1) is 12.0.